The number of carbonyl (C=O) groups is 1. The van der Waals surface area contributed by atoms with Gasteiger partial charge in [0.05, 0.1) is 12.1 Å². The summed E-state index contributed by atoms with van der Waals surface area (Å²) in [5, 5.41) is 12.5. The molecular weight excluding hydrogens is 385 g/mol. The Morgan fingerprint density at radius 3 is 2.55 bits per heavy atom. The number of nitrogens with zero attached hydrogens (tertiary/aromatic N) is 4. The predicted octanol–water partition coefficient (Wildman–Crippen LogP) is 3.66. The minimum Gasteiger partial charge on any atom is -0.460 e. The van der Waals surface area contributed by atoms with Crippen molar-refractivity contribution in [1.29, 1.82) is 0 Å². The molecule has 1 saturated heterocycles. The lowest BCUT2D eigenvalue weighted by Crippen LogP contribution is -2.18. The van der Waals surface area contributed by atoms with E-state index < -0.39 is 11.7 Å². The molecule has 1 unspecified atom stereocenters. The van der Waals surface area contributed by atoms with Gasteiger partial charge in [-0.3, -0.25) is 4.79 Å². The number of carbonyl (C=O) groups excluding carboxylic acids is 1. The molecular formula is C20H17F3N4O2. The quantitative estimate of drug-likeness (QED) is 0.610. The van der Waals surface area contributed by atoms with Crippen LogP contribution in [0.25, 0.3) is 11.4 Å². The van der Waals surface area contributed by atoms with Gasteiger partial charge in [-0.05, 0) is 41.3 Å². The third kappa shape index (κ3) is 4.44. The highest BCUT2D eigenvalue weighted by Gasteiger charge is 2.30. The van der Waals surface area contributed by atoms with Gasteiger partial charge in [-0.2, -0.15) is 18.0 Å². The first-order valence-corrected chi connectivity index (χ1v) is 9.10. The highest BCUT2D eigenvalue weighted by molar-refractivity contribution is 5.71. The number of aromatic nitrogens is 4. The lowest BCUT2D eigenvalue weighted by molar-refractivity contribution is -0.142. The monoisotopic (exact) mass is 402 g/mol. The molecule has 1 aromatic heterocycles. The smallest absolute Gasteiger partial charge is 0.416 e. The minimum absolute atomic E-state index is 0.225. The fourth-order valence-corrected chi connectivity index (χ4v) is 3.25. The Bertz CT molecular complexity index is 1020. The topological polar surface area (TPSA) is 69.9 Å². The summed E-state index contributed by atoms with van der Waals surface area (Å²) in [7, 11) is 0. The maximum absolute atomic E-state index is 12.7. The van der Waals surface area contributed by atoms with E-state index in [1.165, 1.54) is 16.9 Å². The molecule has 29 heavy (non-hydrogen) atoms. The SMILES string of the molecule is O=C1CCC(Cn2nnc(-c3ccccc3Cc3ccc(C(F)(F)F)cc3)n2)O1. The first-order valence-electron chi connectivity index (χ1n) is 9.10. The summed E-state index contributed by atoms with van der Waals surface area (Å²) in [4.78, 5) is 12.6. The summed E-state index contributed by atoms with van der Waals surface area (Å²) in [5.74, 6) is 0.189. The molecule has 0 amide bonds. The molecule has 1 fully saturated rings. The molecule has 1 aliphatic heterocycles. The van der Waals surface area contributed by atoms with Crippen molar-refractivity contribution in [3.63, 3.8) is 0 Å². The number of hydrogen-bond acceptors (Lipinski definition) is 5. The number of halogens is 3. The Morgan fingerprint density at radius 2 is 1.86 bits per heavy atom. The van der Waals surface area contributed by atoms with Gasteiger partial charge < -0.3 is 4.74 Å². The lowest BCUT2D eigenvalue weighted by atomic mass is 9.98. The molecule has 0 saturated carbocycles. The van der Waals surface area contributed by atoms with Gasteiger partial charge in [0.25, 0.3) is 0 Å². The average molecular weight is 402 g/mol. The van der Waals surface area contributed by atoms with E-state index in [0.29, 0.717) is 31.6 Å². The third-order valence-corrected chi connectivity index (χ3v) is 4.72. The molecule has 0 N–H and O–H groups in total. The fraction of sp³-hybridized carbons (Fsp3) is 0.300. The van der Waals surface area contributed by atoms with Crippen molar-refractivity contribution in [1.82, 2.24) is 20.2 Å². The van der Waals surface area contributed by atoms with E-state index in [1.807, 2.05) is 24.3 Å². The van der Waals surface area contributed by atoms with E-state index >= 15 is 0 Å². The largest absolute Gasteiger partial charge is 0.460 e. The Kier molecular flexibility index (Phi) is 5.04. The molecule has 0 radical (unpaired) electrons. The van der Waals surface area contributed by atoms with E-state index in [1.54, 1.807) is 0 Å². The van der Waals surface area contributed by atoms with Crippen LogP contribution in [0.4, 0.5) is 13.2 Å². The molecule has 0 spiro atoms. The molecule has 2 heterocycles. The molecule has 3 aromatic rings. The fourth-order valence-electron chi connectivity index (χ4n) is 3.25. The van der Waals surface area contributed by atoms with Crippen LogP contribution in [0, 0.1) is 0 Å². The van der Waals surface area contributed by atoms with Gasteiger partial charge >= 0.3 is 12.1 Å². The van der Waals surface area contributed by atoms with Crippen LogP contribution < -0.4 is 0 Å². The Morgan fingerprint density at radius 1 is 1.10 bits per heavy atom. The molecule has 9 heteroatoms. The van der Waals surface area contributed by atoms with Gasteiger partial charge in [0.2, 0.25) is 5.82 Å². The van der Waals surface area contributed by atoms with Gasteiger partial charge in [-0.1, -0.05) is 36.4 Å². The zero-order valence-corrected chi connectivity index (χ0v) is 15.3. The van der Waals surface area contributed by atoms with Crippen LogP contribution in [-0.2, 0) is 28.7 Å². The number of hydrogen-bond donors (Lipinski definition) is 0. The summed E-state index contributed by atoms with van der Waals surface area (Å²) in [6.45, 7) is 0.333. The summed E-state index contributed by atoms with van der Waals surface area (Å²) in [6, 6.07) is 12.5. The first-order chi connectivity index (χ1) is 13.9. The normalized spacial score (nSPS) is 16.8. The average Bonchev–Trinajstić information content (AvgIpc) is 3.31. The van der Waals surface area contributed by atoms with E-state index in [4.69, 9.17) is 4.74 Å². The number of ether oxygens (including phenoxy) is 1. The highest BCUT2D eigenvalue weighted by atomic mass is 19.4. The molecule has 2 aromatic carbocycles. The van der Waals surface area contributed by atoms with Gasteiger partial charge in [-0.25, -0.2) is 0 Å². The Labute approximate surface area is 164 Å². The maximum Gasteiger partial charge on any atom is 0.416 e. The number of esters is 1. The standard InChI is InChI=1S/C20H17F3N4O2/c21-20(22,23)15-7-5-13(6-8-15)11-14-3-1-2-4-17(14)19-24-26-27(25-19)12-16-9-10-18(28)29-16/h1-8,16H,9-12H2. The third-order valence-electron chi connectivity index (χ3n) is 4.72. The van der Waals surface area contributed by atoms with Gasteiger partial charge in [-0.15, -0.1) is 10.2 Å². The van der Waals surface area contributed by atoms with Gasteiger partial charge in [0.15, 0.2) is 0 Å². The Balaban J connectivity index is 1.52. The molecule has 1 aliphatic rings. The predicted molar refractivity (Wildman–Crippen MR) is 96.6 cm³/mol. The first kappa shape index (κ1) is 19.1. The second-order valence-electron chi connectivity index (χ2n) is 6.85. The molecule has 1 atom stereocenters. The van der Waals surface area contributed by atoms with Crippen LogP contribution in [0.2, 0.25) is 0 Å². The van der Waals surface area contributed by atoms with E-state index in [-0.39, 0.29) is 12.1 Å². The van der Waals surface area contributed by atoms with Crippen LogP contribution in [-0.4, -0.2) is 32.3 Å². The lowest BCUT2D eigenvalue weighted by Gasteiger charge is -2.09. The maximum atomic E-state index is 12.7. The van der Waals surface area contributed by atoms with Crippen molar-refractivity contribution in [2.24, 2.45) is 0 Å². The zero-order valence-electron chi connectivity index (χ0n) is 15.3. The summed E-state index contributed by atoms with van der Waals surface area (Å²) >= 11 is 0. The molecule has 150 valence electrons. The number of benzene rings is 2. The van der Waals surface area contributed by atoms with E-state index in [0.717, 1.165) is 28.8 Å². The van der Waals surface area contributed by atoms with E-state index in [2.05, 4.69) is 15.4 Å². The second kappa shape index (κ2) is 7.65. The molecule has 6 nitrogen and oxygen atoms in total. The van der Waals surface area contributed by atoms with Crippen LogP contribution in [0.1, 0.15) is 29.5 Å². The van der Waals surface area contributed by atoms with E-state index in [9.17, 15) is 18.0 Å². The second-order valence-corrected chi connectivity index (χ2v) is 6.85. The molecule has 4 rings (SSSR count). The molecule has 0 bridgehead atoms. The van der Waals surface area contributed by atoms with Crippen molar-refractivity contribution in [3.8, 4) is 11.4 Å². The summed E-state index contributed by atoms with van der Waals surface area (Å²) in [6.07, 6.45) is -3.16. The number of cyclic esters (lactones) is 1. The van der Waals surface area contributed by atoms with Gasteiger partial charge in [0, 0.05) is 12.0 Å². The van der Waals surface area contributed by atoms with Crippen molar-refractivity contribution < 1.29 is 22.7 Å². The van der Waals surface area contributed by atoms with Crippen LogP contribution in [0.3, 0.4) is 0 Å². The number of tetrazole rings is 1. The minimum atomic E-state index is -4.35. The zero-order chi connectivity index (χ0) is 20.4. The van der Waals surface area contributed by atoms with Crippen molar-refractivity contribution >= 4 is 5.97 Å². The van der Waals surface area contributed by atoms with Crippen LogP contribution >= 0.6 is 0 Å². The summed E-state index contributed by atoms with van der Waals surface area (Å²) in [5.41, 5.74) is 1.70. The van der Waals surface area contributed by atoms with Crippen LogP contribution in [0.5, 0.6) is 0 Å². The van der Waals surface area contributed by atoms with Crippen molar-refractivity contribution in [2.45, 2.75) is 38.1 Å². The highest BCUT2D eigenvalue weighted by Crippen LogP contribution is 2.30. The van der Waals surface area contributed by atoms with Crippen molar-refractivity contribution in [2.75, 3.05) is 0 Å². The molecule has 0 aliphatic carbocycles. The Hall–Kier alpha value is -3.23. The number of rotatable bonds is 5. The van der Waals surface area contributed by atoms with Gasteiger partial charge in [0.1, 0.15) is 6.10 Å². The van der Waals surface area contributed by atoms with Crippen LogP contribution in [0.15, 0.2) is 48.5 Å². The van der Waals surface area contributed by atoms with Crippen molar-refractivity contribution in [3.05, 3.63) is 65.2 Å². The number of alkyl halides is 3. The summed E-state index contributed by atoms with van der Waals surface area (Å²) < 4.78 is 43.4.